The minimum atomic E-state index is -0.916. The second-order valence-corrected chi connectivity index (χ2v) is 9.74. The van der Waals surface area contributed by atoms with Crippen molar-refractivity contribution >= 4 is 29.3 Å². The lowest BCUT2D eigenvalue weighted by Crippen LogP contribution is -2.45. The number of rotatable bonds is 11. The van der Waals surface area contributed by atoms with Crippen molar-refractivity contribution in [1.29, 1.82) is 0 Å². The van der Waals surface area contributed by atoms with Gasteiger partial charge in [-0.2, -0.15) is 5.10 Å². The van der Waals surface area contributed by atoms with Crippen LogP contribution in [0.4, 0.5) is 0 Å². The number of ketones is 1. The smallest absolute Gasteiger partial charge is 0.307 e. The van der Waals surface area contributed by atoms with Crippen LogP contribution in [-0.4, -0.2) is 50.5 Å². The zero-order chi connectivity index (χ0) is 25.7. The van der Waals surface area contributed by atoms with Gasteiger partial charge in [-0.25, -0.2) is 0 Å². The zero-order valence-corrected chi connectivity index (χ0v) is 21.1. The summed E-state index contributed by atoms with van der Waals surface area (Å²) in [5, 5.41) is 14.4. The standard InChI is InChI=1S/C28H30ClN3O4/c1-2-3-4-8-23-17-31(18-24(33)14-19-6-5-7-20(13-19)15-27(34)35)28(36)26-16-25(30-32(23)26)21-9-11-22(29)12-10-21/h5-7,9-13,16,23H,2-4,8,14-15,17-18H2,1H3,(H,34,35). The Kier molecular flexibility index (Phi) is 8.21. The molecule has 0 bridgehead atoms. The van der Waals surface area contributed by atoms with Gasteiger partial charge in [0, 0.05) is 23.6 Å². The highest BCUT2D eigenvalue weighted by atomic mass is 35.5. The number of Topliss-reactive ketones (excluding diaryl/α,β-unsaturated/α-hetero) is 1. The van der Waals surface area contributed by atoms with Crippen LogP contribution >= 0.6 is 11.6 Å². The Bertz CT molecular complexity index is 1250. The lowest BCUT2D eigenvalue weighted by Gasteiger charge is -2.33. The molecule has 1 N–H and O–H groups in total. The largest absolute Gasteiger partial charge is 0.481 e. The van der Waals surface area contributed by atoms with E-state index in [1.165, 1.54) is 0 Å². The summed E-state index contributed by atoms with van der Waals surface area (Å²) in [6, 6.07) is 16.2. The van der Waals surface area contributed by atoms with E-state index in [1.807, 2.05) is 22.9 Å². The second kappa shape index (κ2) is 11.5. The highest BCUT2D eigenvalue weighted by Gasteiger charge is 2.33. The molecule has 0 fully saturated rings. The molecule has 1 amide bonds. The number of aromatic nitrogens is 2. The van der Waals surface area contributed by atoms with Gasteiger partial charge in [-0.1, -0.05) is 74.2 Å². The van der Waals surface area contributed by atoms with Crippen molar-refractivity contribution in [2.75, 3.05) is 13.1 Å². The third-order valence-electron chi connectivity index (χ3n) is 6.42. The zero-order valence-electron chi connectivity index (χ0n) is 20.3. The molecule has 2 aromatic carbocycles. The number of hydrogen-bond acceptors (Lipinski definition) is 4. The number of carbonyl (C=O) groups excluding carboxylic acids is 2. The summed E-state index contributed by atoms with van der Waals surface area (Å²) in [4.78, 5) is 39.0. The van der Waals surface area contributed by atoms with Gasteiger partial charge in [0.1, 0.15) is 5.69 Å². The summed E-state index contributed by atoms with van der Waals surface area (Å²) < 4.78 is 1.83. The highest BCUT2D eigenvalue weighted by molar-refractivity contribution is 6.30. The Morgan fingerprint density at radius 3 is 2.47 bits per heavy atom. The van der Waals surface area contributed by atoms with E-state index in [1.54, 1.807) is 41.3 Å². The summed E-state index contributed by atoms with van der Waals surface area (Å²) in [5.74, 6) is -1.21. The van der Waals surface area contributed by atoms with E-state index in [0.29, 0.717) is 28.5 Å². The maximum atomic E-state index is 13.4. The van der Waals surface area contributed by atoms with Crippen LogP contribution in [0.2, 0.25) is 5.02 Å². The monoisotopic (exact) mass is 507 g/mol. The van der Waals surface area contributed by atoms with E-state index in [9.17, 15) is 14.4 Å². The van der Waals surface area contributed by atoms with Crippen molar-refractivity contribution in [2.45, 2.75) is 51.5 Å². The SMILES string of the molecule is CCCCCC1CN(CC(=O)Cc2cccc(CC(=O)O)c2)C(=O)c2cc(-c3ccc(Cl)cc3)nn21. The van der Waals surface area contributed by atoms with Gasteiger partial charge >= 0.3 is 5.97 Å². The number of halogens is 1. The molecule has 1 aromatic heterocycles. The molecule has 4 rings (SSSR count). The van der Waals surface area contributed by atoms with Gasteiger partial charge in [-0.05, 0) is 35.7 Å². The quantitative estimate of drug-likeness (QED) is 0.359. The van der Waals surface area contributed by atoms with Gasteiger partial charge in [0.15, 0.2) is 5.78 Å². The summed E-state index contributed by atoms with van der Waals surface area (Å²) in [6.07, 6.45) is 4.13. The lowest BCUT2D eigenvalue weighted by molar-refractivity contribution is -0.136. The molecule has 7 nitrogen and oxygen atoms in total. The molecule has 0 aliphatic carbocycles. The lowest BCUT2D eigenvalue weighted by atomic mass is 10.0. The molecule has 188 valence electrons. The van der Waals surface area contributed by atoms with Gasteiger partial charge in [0.25, 0.3) is 5.91 Å². The van der Waals surface area contributed by atoms with Crippen LogP contribution < -0.4 is 0 Å². The van der Waals surface area contributed by atoms with Gasteiger partial charge in [-0.3, -0.25) is 19.1 Å². The third-order valence-corrected chi connectivity index (χ3v) is 6.67. The Morgan fingerprint density at radius 2 is 1.78 bits per heavy atom. The van der Waals surface area contributed by atoms with Gasteiger partial charge in [0.2, 0.25) is 0 Å². The van der Waals surface area contributed by atoms with Crippen molar-refractivity contribution < 1.29 is 19.5 Å². The first-order valence-corrected chi connectivity index (χ1v) is 12.7. The molecule has 1 atom stereocenters. The fourth-order valence-electron chi connectivity index (χ4n) is 4.67. The number of fused-ring (bicyclic) bond motifs is 1. The van der Waals surface area contributed by atoms with E-state index < -0.39 is 5.97 Å². The summed E-state index contributed by atoms with van der Waals surface area (Å²) in [7, 11) is 0. The number of aliphatic carboxylic acids is 1. The van der Waals surface area contributed by atoms with Crippen molar-refractivity contribution in [3.63, 3.8) is 0 Å². The molecule has 1 unspecified atom stereocenters. The number of amides is 1. The van der Waals surface area contributed by atoms with Crippen LogP contribution in [0.5, 0.6) is 0 Å². The molecule has 1 aliphatic rings. The molecule has 0 saturated heterocycles. The summed E-state index contributed by atoms with van der Waals surface area (Å²) in [5.41, 5.74) is 3.47. The number of hydrogen-bond donors (Lipinski definition) is 1. The maximum Gasteiger partial charge on any atom is 0.307 e. The van der Waals surface area contributed by atoms with Crippen molar-refractivity contribution in [1.82, 2.24) is 14.7 Å². The van der Waals surface area contributed by atoms with Crippen LogP contribution in [-0.2, 0) is 22.4 Å². The number of carbonyl (C=O) groups is 3. The predicted molar refractivity (Wildman–Crippen MR) is 138 cm³/mol. The first-order chi connectivity index (χ1) is 17.3. The van der Waals surface area contributed by atoms with Crippen molar-refractivity contribution in [3.8, 4) is 11.3 Å². The van der Waals surface area contributed by atoms with E-state index in [-0.39, 0.29) is 37.1 Å². The topological polar surface area (TPSA) is 92.5 Å². The maximum absolute atomic E-state index is 13.4. The average molecular weight is 508 g/mol. The number of benzene rings is 2. The minimum Gasteiger partial charge on any atom is -0.481 e. The molecule has 8 heteroatoms. The Morgan fingerprint density at radius 1 is 1.06 bits per heavy atom. The summed E-state index contributed by atoms with van der Waals surface area (Å²) in [6.45, 7) is 2.59. The molecule has 2 heterocycles. The van der Waals surface area contributed by atoms with E-state index in [0.717, 1.165) is 36.8 Å². The molecular weight excluding hydrogens is 478 g/mol. The molecule has 0 saturated carbocycles. The predicted octanol–water partition coefficient (Wildman–Crippen LogP) is 5.22. The van der Waals surface area contributed by atoms with E-state index in [2.05, 4.69) is 6.92 Å². The molecule has 3 aromatic rings. The number of nitrogens with zero attached hydrogens (tertiary/aromatic N) is 3. The molecule has 36 heavy (non-hydrogen) atoms. The number of carboxylic acid groups (broad SMARTS) is 1. The van der Waals surface area contributed by atoms with Crippen molar-refractivity contribution in [3.05, 3.63) is 76.4 Å². The Hall–Kier alpha value is -3.45. The highest BCUT2D eigenvalue weighted by Crippen LogP contribution is 2.30. The van der Waals surface area contributed by atoms with Crippen LogP contribution in [0.1, 0.15) is 60.3 Å². The number of unbranched alkanes of at least 4 members (excludes halogenated alkanes) is 2. The van der Waals surface area contributed by atoms with Crippen LogP contribution in [0.25, 0.3) is 11.3 Å². The van der Waals surface area contributed by atoms with Gasteiger partial charge in [0.05, 0.1) is 24.7 Å². The first-order valence-electron chi connectivity index (χ1n) is 12.3. The van der Waals surface area contributed by atoms with Gasteiger partial charge < -0.3 is 10.0 Å². The van der Waals surface area contributed by atoms with Gasteiger partial charge in [-0.15, -0.1) is 0 Å². The van der Waals surface area contributed by atoms with Crippen LogP contribution in [0.3, 0.4) is 0 Å². The fraction of sp³-hybridized carbons (Fsp3) is 0.357. The van der Waals surface area contributed by atoms with Crippen LogP contribution in [0, 0.1) is 0 Å². The molecule has 0 spiro atoms. The average Bonchev–Trinajstić information content (AvgIpc) is 3.28. The minimum absolute atomic E-state index is 0.00278. The second-order valence-electron chi connectivity index (χ2n) is 9.31. The van der Waals surface area contributed by atoms with E-state index >= 15 is 0 Å². The Labute approximate surface area is 215 Å². The van der Waals surface area contributed by atoms with Crippen LogP contribution in [0.15, 0.2) is 54.6 Å². The molecular formula is C28H30ClN3O4. The Balaban J connectivity index is 1.52. The van der Waals surface area contributed by atoms with Crippen molar-refractivity contribution in [2.24, 2.45) is 0 Å². The normalized spacial score (nSPS) is 15.1. The summed E-state index contributed by atoms with van der Waals surface area (Å²) >= 11 is 6.03. The number of carboxylic acids is 1. The fourth-order valence-corrected chi connectivity index (χ4v) is 4.80. The third kappa shape index (κ3) is 6.21. The molecule has 1 aliphatic heterocycles. The first kappa shape index (κ1) is 25.6. The van der Waals surface area contributed by atoms with E-state index in [4.69, 9.17) is 21.8 Å². The molecule has 0 radical (unpaired) electrons.